The Hall–Kier alpha value is -1.36. The summed E-state index contributed by atoms with van der Waals surface area (Å²) in [5.41, 5.74) is 1.14. The largest absolute Gasteiger partial charge is 0.480 e. The zero-order valence-corrected chi connectivity index (χ0v) is 9.46. The number of carboxylic acids is 1. The van der Waals surface area contributed by atoms with Crippen LogP contribution < -0.4 is 0 Å². The van der Waals surface area contributed by atoms with Gasteiger partial charge in [-0.25, -0.2) is 0 Å². The summed E-state index contributed by atoms with van der Waals surface area (Å²) in [6.07, 6.45) is 5.97. The van der Waals surface area contributed by atoms with E-state index in [0.717, 1.165) is 31.5 Å². The maximum Gasteiger partial charge on any atom is 0.317 e. The third kappa shape index (κ3) is 2.24. The van der Waals surface area contributed by atoms with E-state index in [1.807, 2.05) is 28.9 Å². The van der Waals surface area contributed by atoms with Crippen molar-refractivity contribution in [1.82, 2.24) is 14.7 Å². The summed E-state index contributed by atoms with van der Waals surface area (Å²) in [4.78, 5) is 12.7. The van der Waals surface area contributed by atoms with Crippen molar-refractivity contribution in [3.63, 3.8) is 0 Å². The Labute approximate surface area is 94.7 Å². The van der Waals surface area contributed by atoms with E-state index in [0.29, 0.717) is 0 Å². The second-order valence-electron chi connectivity index (χ2n) is 4.15. The van der Waals surface area contributed by atoms with Gasteiger partial charge in [-0.15, -0.1) is 0 Å². The van der Waals surface area contributed by atoms with Crippen LogP contribution in [0.15, 0.2) is 12.4 Å². The van der Waals surface area contributed by atoms with Crippen molar-refractivity contribution in [3.8, 4) is 0 Å². The smallest absolute Gasteiger partial charge is 0.317 e. The lowest BCUT2D eigenvalue weighted by atomic mass is 10.1. The molecule has 16 heavy (non-hydrogen) atoms. The molecule has 1 saturated heterocycles. The molecule has 0 spiro atoms. The molecule has 2 rings (SSSR count). The summed E-state index contributed by atoms with van der Waals surface area (Å²) in [7, 11) is 0. The van der Waals surface area contributed by atoms with Crippen LogP contribution in [0.5, 0.6) is 0 Å². The zero-order valence-electron chi connectivity index (χ0n) is 9.46. The first-order valence-corrected chi connectivity index (χ1v) is 5.69. The van der Waals surface area contributed by atoms with E-state index in [2.05, 4.69) is 5.10 Å². The molecule has 1 aliphatic rings. The molecular weight excluding hydrogens is 206 g/mol. The molecule has 1 aromatic heterocycles. The Morgan fingerprint density at radius 1 is 1.69 bits per heavy atom. The molecule has 2 heterocycles. The van der Waals surface area contributed by atoms with Gasteiger partial charge in [0.2, 0.25) is 0 Å². The monoisotopic (exact) mass is 223 g/mol. The number of aromatic nitrogens is 2. The maximum atomic E-state index is 10.7. The summed E-state index contributed by atoms with van der Waals surface area (Å²) in [5.74, 6) is -0.755. The van der Waals surface area contributed by atoms with Gasteiger partial charge >= 0.3 is 5.97 Å². The van der Waals surface area contributed by atoms with Crippen LogP contribution in [0.2, 0.25) is 0 Å². The van der Waals surface area contributed by atoms with Gasteiger partial charge in [0.15, 0.2) is 0 Å². The first-order valence-electron chi connectivity index (χ1n) is 5.69. The highest BCUT2D eigenvalue weighted by Crippen LogP contribution is 2.31. The Bertz CT molecular complexity index is 375. The number of hydrogen-bond acceptors (Lipinski definition) is 3. The Morgan fingerprint density at radius 3 is 3.12 bits per heavy atom. The minimum absolute atomic E-state index is 0.127. The normalized spacial score (nSPS) is 21.4. The third-order valence-corrected chi connectivity index (χ3v) is 3.06. The Morgan fingerprint density at radius 2 is 2.50 bits per heavy atom. The lowest BCUT2D eigenvalue weighted by Gasteiger charge is -2.21. The molecule has 1 fully saturated rings. The van der Waals surface area contributed by atoms with Gasteiger partial charge in [0, 0.05) is 24.3 Å². The fraction of sp³-hybridized carbons (Fsp3) is 0.636. The van der Waals surface area contributed by atoms with Crippen LogP contribution in [0.3, 0.4) is 0 Å². The molecule has 0 aliphatic carbocycles. The zero-order chi connectivity index (χ0) is 11.5. The van der Waals surface area contributed by atoms with Crippen molar-refractivity contribution >= 4 is 5.97 Å². The summed E-state index contributed by atoms with van der Waals surface area (Å²) in [6, 6.07) is 0.233. The van der Waals surface area contributed by atoms with Crippen LogP contribution >= 0.6 is 0 Å². The van der Waals surface area contributed by atoms with Crippen molar-refractivity contribution in [1.29, 1.82) is 0 Å². The van der Waals surface area contributed by atoms with Crippen LogP contribution in [0, 0.1) is 0 Å². The van der Waals surface area contributed by atoms with Gasteiger partial charge in [-0.2, -0.15) is 5.10 Å². The molecule has 5 heteroatoms. The molecule has 0 amide bonds. The summed E-state index contributed by atoms with van der Waals surface area (Å²) < 4.78 is 1.88. The van der Waals surface area contributed by atoms with Gasteiger partial charge in [-0.3, -0.25) is 14.4 Å². The second-order valence-corrected chi connectivity index (χ2v) is 4.15. The van der Waals surface area contributed by atoms with Crippen LogP contribution in [-0.4, -0.2) is 38.8 Å². The van der Waals surface area contributed by atoms with Crippen molar-refractivity contribution in [2.45, 2.75) is 32.4 Å². The van der Waals surface area contributed by atoms with Crippen molar-refractivity contribution in [2.24, 2.45) is 0 Å². The number of aliphatic carboxylic acids is 1. The van der Waals surface area contributed by atoms with Gasteiger partial charge < -0.3 is 5.11 Å². The van der Waals surface area contributed by atoms with Gasteiger partial charge in [0.1, 0.15) is 0 Å². The van der Waals surface area contributed by atoms with Crippen LogP contribution in [0.4, 0.5) is 0 Å². The van der Waals surface area contributed by atoms with E-state index in [1.165, 1.54) is 0 Å². The molecule has 1 N–H and O–H groups in total. The highest BCUT2D eigenvalue weighted by molar-refractivity contribution is 5.69. The minimum atomic E-state index is -0.755. The third-order valence-electron chi connectivity index (χ3n) is 3.06. The Balaban J connectivity index is 2.09. The average Bonchev–Trinajstić information content (AvgIpc) is 2.84. The van der Waals surface area contributed by atoms with E-state index in [4.69, 9.17) is 5.11 Å². The van der Waals surface area contributed by atoms with E-state index in [1.54, 1.807) is 0 Å². The van der Waals surface area contributed by atoms with Crippen molar-refractivity contribution in [2.75, 3.05) is 13.1 Å². The van der Waals surface area contributed by atoms with E-state index >= 15 is 0 Å². The quantitative estimate of drug-likeness (QED) is 0.831. The molecule has 0 aromatic carbocycles. The number of aryl methyl sites for hydroxylation is 1. The predicted octanol–water partition coefficient (Wildman–Crippen LogP) is 1.12. The minimum Gasteiger partial charge on any atom is -0.480 e. The summed E-state index contributed by atoms with van der Waals surface area (Å²) in [6.45, 7) is 3.89. The second kappa shape index (κ2) is 4.65. The maximum absolute atomic E-state index is 10.7. The molecule has 1 aromatic rings. The summed E-state index contributed by atoms with van der Waals surface area (Å²) in [5, 5.41) is 13.1. The molecule has 5 nitrogen and oxygen atoms in total. The van der Waals surface area contributed by atoms with Crippen LogP contribution in [-0.2, 0) is 11.3 Å². The standard InChI is InChI=1S/C11H17N3O2/c1-2-14-7-9(6-12-14)10-4-3-5-13(10)8-11(15)16/h6-7,10H,2-5,8H2,1H3,(H,15,16). The van der Waals surface area contributed by atoms with E-state index < -0.39 is 5.97 Å². The van der Waals surface area contributed by atoms with Crippen LogP contribution in [0.1, 0.15) is 31.4 Å². The summed E-state index contributed by atoms with van der Waals surface area (Å²) >= 11 is 0. The average molecular weight is 223 g/mol. The molecule has 1 aliphatic heterocycles. The highest BCUT2D eigenvalue weighted by atomic mass is 16.4. The number of hydrogen-bond donors (Lipinski definition) is 1. The fourth-order valence-electron chi connectivity index (χ4n) is 2.29. The molecule has 88 valence electrons. The number of carbonyl (C=O) groups is 1. The lowest BCUT2D eigenvalue weighted by molar-refractivity contribution is -0.138. The number of rotatable bonds is 4. The molecule has 1 unspecified atom stereocenters. The number of nitrogens with zero attached hydrogens (tertiary/aromatic N) is 3. The molecular formula is C11H17N3O2. The lowest BCUT2D eigenvalue weighted by Crippen LogP contribution is -2.29. The highest BCUT2D eigenvalue weighted by Gasteiger charge is 2.28. The first-order chi connectivity index (χ1) is 7.70. The van der Waals surface area contributed by atoms with Gasteiger partial charge in [-0.1, -0.05) is 0 Å². The molecule has 0 radical (unpaired) electrons. The molecule has 0 bridgehead atoms. The fourth-order valence-corrected chi connectivity index (χ4v) is 2.29. The first kappa shape index (κ1) is 11.1. The molecule has 0 saturated carbocycles. The van der Waals surface area contributed by atoms with Crippen molar-refractivity contribution < 1.29 is 9.90 Å². The topological polar surface area (TPSA) is 58.4 Å². The van der Waals surface area contributed by atoms with E-state index in [9.17, 15) is 4.79 Å². The van der Waals surface area contributed by atoms with Gasteiger partial charge in [0.25, 0.3) is 0 Å². The van der Waals surface area contributed by atoms with Crippen LogP contribution in [0.25, 0.3) is 0 Å². The molecule has 1 atom stereocenters. The SMILES string of the molecule is CCn1cc(C2CCCN2CC(=O)O)cn1. The van der Waals surface area contributed by atoms with Gasteiger partial charge in [0.05, 0.1) is 12.7 Å². The number of likely N-dealkylation sites (tertiary alicyclic amines) is 1. The number of carboxylic acid groups (broad SMARTS) is 1. The Kier molecular flexibility index (Phi) is 3.24. The predicted molar refractivity (Wildman–Crippen MR) is 59.1 cm³/mol. The van der Waals surface area contributed by atoms with Crippen molar-refractivity contribution in [3.05, 3.63) is 18.0 Å². The van der Waals surface area contributed by atoms with E-state index in [-0.39, 0.29) is 12.6 Å². The van der Waals surface area contributed by atoms with Gasteiger partial charge in [-0.05, 0) is 26.3 Å².